The minimum Gasteiger partial charge on any atom is -0.491 e. The SMILES string of the molecule is COCCOc1ccc(-c2ccc(-c3cnn4c(N)c(S(C)(=O)=O)c(C5C[C@H]6CC[C@@H](C5)N6C(=O)c5ncn[nH]5)nc34)cn2)cc1. The number of anilines is 1. The number of sulfone groups is 1. The van der Waals surface area contributed by atoms with Crippen LogP contribution in [0.5, 0.6) is 5.75 Å². The Balaban J connectivity index is 1.20. The Morgan fingerprint density at radius 2 is 1.76 bits per heavy atom. The fourth-order valence-corrected chi connectivity index (χ4v) is 7.79. The van der Waals surface area contributed by atoms with Crippen molar-refractivity contribution in [3.63, 3.8) is 0 Å². The number of carbonyl (C=O) groups excluding carboxylic acids is 1. The van der Waals surface area contributed by atoms with Crippen LogP contribution in [-0.4, -0.2) is 92.7 Å². The van der Waals surface area contributed by atoms with Crippen molar-refractivity contribution >= 4 is 27.2 Å². The maximum atomic E-state index is 13.2. The largest absolute Gasteiger partial charge is 0.491 e. The molecule has 1 amide bonds. The molecule has 2 aliphatic rings. The molecule has 6 heterocycles. The summed E-state index contributed by atoms with van der Waals surface area (Å²) < 4.78 is 38.3. The van der Waals surface area contributed by atoms with Crippen molar-refractivity contribution in [3.05, 3.63) is 66.6 Å². The zero-order chi connectivity index (χ0) is 32.0. The predicted octanol–water partition coefficient (Wildman–Crippen LogP) is 3.14. The molecule has 1 aromatic carbocycles. The van der Waals surface area contributed by atoms with Crippen LogP contribution in [0.25, 0.3) is 28.0 Å². The van der Waals surface area contributed by atoms with E-state index >= 15 is 0 Å². The van der Waals surface area contributed by atoms with Crippen LogP contribution >= 0.6 is 0 Å². The first-order valence-electron chi connectivity index (χ1n) is 15.0. The van der Waals surface area contributed by atoms with Gasteiger partial charge in [-0.2, -0.15) is 14.7 Å². The van der Waals surface area contributed by atoms with Crippen molar-refractivity contribution in [1.29, 1.82) is 0 Å². The van der Waals surface area contributed by atoms with Gasteiger partial charge in [0, 0.05) is 54.3 Å². The zero-order valence-electron chi connectivity index (χ0n) is 25.3. The van der Waals surface area contributed by atoms with Crippen molar-refractivity contribution in [2.75, 3.05) is 32.3 Å². The predicted molar refractivity (Wildman–Crippen MR) is 168 cm³/mol. The summed E-state index contributed by atoms with van der Waals surface area (Å²) in [7, 11) is -2.14. The third-order valence-corrected chi connectivity index (χ3v) is 9.95. The number of nitrogen functional groups attached to an aromatic ring is 1. The highest BCUT2D eigenvalue weighted by molar-refractivity contribution is 7.91. The van der Waals surface area contributed by atoms with Gasteiger partial charge in [-0.25, -0.2) is 18.4 Å². The normalized spacial score (nSPS) is 19.5. The van der Waals surface area contributed by atoms with Crippen LogP contribution < -0.4 is 10.5 Å². The zero-order valence-corrected chi connectivity index (χ0v) is 26.1. The molecule has 0 saturated carbocycles. The van der Waals surface area contributed by atoms with E-state index in [0.29, 0.717) is 43.0 Å². The van der Waals surface area contributed by atoms with Crippen LogP contribution in [0.2, 0.25) is 0 Å². The Morgan fingerprint density at radius 1 is 1.02 bits per heavy atom. The molecule has 46 heavy (non-hydrogen) atoms. The molecular weight excluding hydrogens is 610 g/mol. The van der Waals surface area contributed by atoms with Gasteiger partial charge >= 0.3 is 0 Å². The number of nitrogens with two attached hydrogens (primary N) is 1. The molecule has 2 aliphatic heterocycles. The molecule has 0 aliphatic carbocycles. The van der Waals surface area contributed by atoms with Crippen LogP contribution in [0.3, 0.4) is 0 Å². The quantitative estimate of drug-likeness (QED) is 0.225. The molecule has 1 unspecified atom stereocenters. The molecule has 3 atom stereocenters. The van der Waals surface area contributed by atoms with Crippen LogP contribution in [0.1, 0.15) is 47.9 Å². The molecule has 238 valence electrons. The number of aromatic amines is 1. The van der Waals surface area contributed by atoms with Crippen LogP contribution in [-0.2, 0) is 14.6 Å². The highest BCUT2D eigenvalue weighted by Gasteiger charge is 2.46. The highest BCUT2D eigenvalue weighted by atomic mass is 32.2. The topological polar surface area (TPSA) is 184 Å². The number of rotatable bonds is 9. The van der Waals surface area contributed by atoms with Gasteiger partial charge in [-0.15, -0.1) is 0 Å². The number of piperidine rings is 1. The number of nitrogens with zero attached hydrogens (tertiary/aromatic N) is 7. The maximum absolute atomic E-state index is 13.2. The summed E-state index contributed by atoms with van der Waals surface area (Å²) in [6.45, 7) is 0.982. The van der Waals surface area contributed by atoms with Crippen LogP contribution in [0.4, 0.5) is 5.82 Å². The van der Waals surface area contributed by atoms with Gasteiger partial charge in [0.1, 0.15) is 29.4 Å². The number of benzene rings is 1. The Labute approximate surface area is 264 Å². The number of hydrogen-bond donors (Lipinski definition) is 2. The highest BCUT2D eigenvalue weighted by Crippen LogP contribution is 2.45. The van der Waals surface area contributed by atoms with Gasteiger partial charge in [0.2, 0.25) is 5.82 Å². The smallest absolute Gasteiger partial charge is 0.291 e. The lowest BCUT2D eigenvalue weighted by molar-refractivity contribution is 0.0556. The summed E-state index contributed by atoms with van der Waals surface area (Å²) in [6, 6.07) is 11.3. The lowest BCUT2D eigenvalue weighted by atomic mass is 9.87. The maximum Gasteiger partial charge on any atom is 0.291 e. The molecule has 2 saturated heterocycles. The molecule has 14 nitrogen and oxygen atoms in total. The molecule has 15 heteroatoms. The summed E-state index contributed by atoms with van der Waals surface area (Å²) in [5.41, 5.74) is 10.5. The number of fused-ring (bicyclic) bond motifs is 3. The van der Waals surface area contributed by atoms with E-state index in [2.05, 4.69) is 25.3 Å². The molecule has 4 aromatic heterocycles. The number of carbonyl (C=O) groups is 1. The number of hydrogen-bond acceptors (Lipinski definition) is 11. The molecule has 2 bridgehead atoms. The van der Waals surface area contributed by atoms with Crippen molar-refractivity contribution in [2.45, 2.75) is 48.6 Å². The number of ether oxygens (including phenoxy) is 2. The second kappa shape index (κ2) is 11.8. The number of aromatic nitrogens is 7. The average Bonchev–Trinajstić information content (AvgIpc) is 3.79. The van der Waals surface area contributed by atoms with Gasteiger partial charge in [0.05, 0.1) is 24.2 Å². The fourth-order valence-electron chi connectivity index (χ4n) is 6.73. The second-order valence-electron chi connectivity index (χ2n) is 11.7. The lowest BCUT2D eigenvalue weighted by Crippen LogP contribution is -2.46. The van der Waals surface area contributed by atoms with E-state index in [1.165, 1.54) is 10.8 Å². The first kappa shape index (κ1) is 29.8. The first-order chi connectivity index (χ1) is 22.2. The molecule has 7 rings (SSSR count). The Hall–Kier alpha value is -4.89. The van der Waals surface area contributed by atoms with Gasteiger partial charge in [-0.1, -0.05) is 6.07 Å². The molecular formula is C31H33N9O5S. The fraction of sp³-hybridized carbons (Fsp3) is 0.355. The Bertz CT molecular complexity index is 1980. The standard InChI is InChI=1S/C31H33N9O5S/c1-44-11-12-45-23-8-3-18(4-9-23)25-10-5-19(15-33-25)24-16-36-40-28(32)27(46(2,42)43)26(37-30(24)40)20-13-21-6-7-22(14-20)39(21)31(41)29-34-17-35-38-29/h3-5,8-10,15-17,20-22H,6-7,11-14,32H2,1-2H3,(H,34,35,38)/t20?,21-,22+. The van der Waals surface area contributed by atoms with E-state index in [0.717, 1.165) is 41.7 Å². The number of amides is 1. The number of methoxy groups -OCH3 is 1. The van der Waals surface area contributed by atoms with Gasteiger partial charge in [-0.05, 0) is 56.0 Å². The van der Waals surface area contributed by atoms with Crippen molar-refractivity contribution in [2.24, 2.45) is 0 Å². The summed E-state index contributed by atoms with van der Waals surface area (Å²) in [6.07, 6.45) is 8.55. The molecule has 3 N–H and O–H groups in total. The number of nitrogens with one attached hydrogen (secondary N) is 1. The van der Waals surface area contributed by atoms with Gasteiger partial charge < -0.3 is 20.1 Å². The van der Waals surface area contributed by atoms with Crippen LogP contribution in [0.15, 0.2) is 60.0 Å². The monoisotopic (exact) mass is 643 g/mol. The molecule has 0 radical (unpaired) electrons. The van der Waals surface area contributed by atoms with E-state index < -0.39 is 9.84 Å². The number of H-pyrrole nitrogens is 1. The van der Waals surface area contributed by atoms with E-state index in [-0.39, 0.29) is 40.4 Å². The van der Waals surface area contributed by atoms with Gasteiger partial charge in [0.15, 0.2) is 15.5 Å². The summed E-state index contributed by atoms with van der Waals surface area (Å²) in [4.78, 5) is 28.7. The molecule has 0 spiro atoms. The minimum atomic E-state index is -3.77. The van der Waals surface area contributed by atoms with Crippen LogP contribution in [0, 0.1) is 0 Å². The minimum absolute atomic E-state index is 0.0126. The third kappa shape index (κ3) is 5.34. The van der Waals surface area contributed by atoms with Crippen molar-refractivity contribution in [3.8, 4) is 28.1 Å². The summed E-state index contributed by atoms with van der Waals surface area (Å²) >= 11 is 0. The average molecular weight is 644 g/mol. The second-order valence-corrected chi connectivity index (χ2v) is 13.6. The first-order valence-corrected chi connectivity index (χ1v) is 16.9. The lowest BCUT2D eigenvalue weighted by Gasteiger charge is -2.38. The molecule has 5 aromatic rings. The van der Waals surface area contributed by atoms with E-state index in [9.17, 15) is 13.2 Å². The summed E-state index contributed by atoms with van der Waals surface area (Å²) in [5.74, 6) is 0.534. The van der Waals surface area contributed by atoms with E-state index in [1.807, 2.05) is 41.3 Å². The number of pyridine rings is 1. The van der Waals surface area contributed by atoms with E-state index in [1.54, 1.807) is 19.5 Å². The third-order valence-electron chi connectivity index (χ3n) is 8.79. The van der Waals surface area contributed by atoms with Crippen molar-refractivity contribution in [1.82, 2.24) is 39.7 Å². The van der Waals surface area contributed by atoms with Gasteiger partial charge in [0.25, 0.3) is 5.91 Å². The Morgan fingerprint density at radius 3 is 2.39 bits per heavy atom. The van der Waals surface area contributed by atoms with Gasteiger partial charge in [-0.3, -0.25) is 14.9 Å². The molecule has 2 fully saturated rings. The van der Waals surface area contributed by atoms with E-state index in [4.69, 9.17) is 20.2 Å². The summed E-state index contributed by atoms with van der Waals surface area (Å²) in [5, 5.41) is 10.9. The van der Waals surface area contributed by atoms with Crippen molar-refractivity contribution < 1.29 is 22.7 Å². The Kier molecular flexibility index (Phi) is 7.64.